The Kier molecular flexibility index (Phi) is 4.08. The summed E-state index contributed by atoms with van der Waals surface area (Å²) in [4.78, 5) is 12.4. The number of phenolic OH excluding ortho intramolecular Hbond substituents is 1. The first-order valence-electron chi connectivity index (χ1n) is 6.54. The molecule has 2 aromatic carbocycles. The Bertz CT molecular complexity index is 630. The number of methoxy groups -OCH3 is 1. The number of hydrogen-bond acceptors (Lipinski definition) is 3. The van der Waals surface area contributed by atoms with Crippen LogP contribution in [-0.2, 0) is 0 Å². The lowest BCUT2D eigenvalue weighted by Gasteiger charge is -2.13. The molecule has 0 saturated heterocycles. The molecule has 0 aromatic heterocycles. The SMILES string of the molecule is COc1ccc(C(=O)c2cccc(O)c2)cc1C(C)C. The second kappa shape index (κ2) is 5.78. The highest BCUT2D eigenvalue weighted by molar-refractivity contribution is 6.09. The molecule has 0 aliphatic heterocycles. The van der Waals surface area contributed by atoms with Gasteiger partial charge in [0.2, 0.25) is 0 Å². The highest BCUT2D eigenvalue weighted by Crippen LogP contribution is 2.28. The standard InChI is InChI=1S/C17H18O3/c1-11(2)15-10-13(7-8-16(15)20-3)17(19)12-5-4-6-14(18)9-12/h4-11,18H,1-3H3. The van der Waals surface area contributed by atoms with Crippen molar-refractivity contribution in [1.82, 2.24) is 0 Å². The lowest BCUT2D eigenvalue weighted by molar-refractivity contribution is 0.103. The van der Waals surface area contributed by atoms with Gasteiger partial charge in [0.25, 0.3) is 0 Å². The molecule has 0 atom stereocenters. The first-order chi connectivity index (χ1) is 9.52. The van der Waals surface area contributed by atoms with Gasteiger partial charge in [0.05, 0.1) is 7.11 Å². The number of carbonyl (C=O) groups excluding carboxylic acids is 1. The Morgan fingerprint density at radius 2 is 1.80 bits per heavy atom. The van der Waals surface area contributed by atoms with Gasteiger partial charge >= 0.3 is 0 Å². The van der Waals surface area contributed by atoms with Crippen LogP contribution < -0.4 is 4.74 Å². The topological polar surface area (TPSA) is 46.5 Å². The van der Waals surface area contributed by atoms with Crippen molar-refractivity contribution in [2.45, 2.75) is 19.8 Å². The van der Waals surface area contributed by atoms with Crippen molar-refractivity contribution in [2.75, 3.05) is 7.11 Å². The number of rotatable bonds is 4. The number of hydrogen-bond donors (Lipinski definition) is 1. The molecule has 1 N–H and O–H groups in total. The van der Waals surface area contributed by atoms with E-state index in [1.807, 2.05) is 12.1 Å². The van der Waals surface area contributed by atoms with E-state index in [1.165, 1.54) is 6.07 Å². The summed E-state index contributed by atoms with van der Waals surface area (Å²) in [5.74, 6) is 1.04. The Hall–Kier alpha value is -2.29. The lowest BCUT2D eigenvalue weighted by atomic mass is 9.96. The summed E-state index contributed by atoms with van der Waals surface area (Å²) < 4.78 is 5.31. The molecule has 104 valence electrons. The zero-order chi connectivity index (χ0) is 14.7. The number of phenols is 1. The number of ether oxygens (including phenoxy) is 1. The summed E-state index contributed by atoms with van der Waals surface area (Å²) in [6.07, 6.45) is 0. The zero-order valence-corrected chi connectivity index (χ0v) is 11.9. The maximum atomic E-state index is 12.4. The minimum Gasteiger partial charge on any atom is -0.508 e. The number of ketones is 1. The normalized spacial score (nSPS) is 10.6. The Morgan fingerprint density at radius 3 is 2.40 bits per heavy atom. The van der Waals surface area contributed by atoms with Crippen molar-refractivity contribution >= 4 is 5.78 Å². The van der Waals surface area contributed by atoms with Gasteiger partial charge in [-0.1, -0.05) is 26.0 Å². The van der Waals surface area contributed by atoms with Gasteiger partial charge in [-0.3, -0.25) is 4.79 Å². The van der Waals surface area contributed by atoms with Gasteiger partial charge in [0, 0.05) is 11.1 Å². The average Bonchev–Trinajstić information content (AvgIpc) is 2.45. The Morgan fingerprint density at radius 1 is 1.10 bits per heavy atom. The fourth-order valence-electron chi connectivity index (χ4n) is 2.14. The summed E-state index contributed by atoms with van der Waals surface area (Å²) in [7, 11) is 1.62. The second-order valence-corrected chi connectivity index (χ2v) is 4.99. The summed E-state index contributed by atoms with van der Waals surface area (Å²) in [6, 6.07) is 11.8. The van der Waals surface area contributed by atoms with E-state index >= 15 is 0 Å². The van der Waals surface area contributed by atoms with Crippen LogP contribution in [0.5, 0.6) is 11.5 Å². The first kappa shape index (κ1) is 14.1. The van der Waals surface area contributed by atoms with Crippen molar-refractivity contribution in [3.8, 4) is 11.5 Å². The van der Waals surface area contributed by atoms with Crippen LogP contribution in [0, 0.1) is 0 Å². The zero-order valence-electron chi connectivity index (χ0n) is 11.9. The maximum Gasteiger partial charge on any atom is 0.193 e. The molecule has 0 unspecified atom stereocenters. The minimum absolute atomic E-state index is 0.0912. The van der Waals surface area contributed by atoms with Gasteiger partial charge in [-0.05, 0) is 41.8 Å². The molecule has 2 rings (SSSR count). The molecule has 0 aliphatic carbocycles. The molecule has 0 radical (unpaired) electrons. The van der Waals surface area contributed by atoms with Crippen LogP contribution in [0.2, 0.25) is 0 Å². The largest absolute Gasteiger partial charge is 0.508 e. The number of aromatic hydroxyl groups is 1. The molecule has 0 amide bonds. The van der Waals surface area contributed by atoms with E-state index in [0.29, 0.717) is 11.1 Å². The van der Waals surface area contributed by atoms with Gasteiger partial charge in [-0.25, -0.2) is 0 Å². The van der Waals surface area contributed by atoms with Crippen molar-refractivity contribution in [2.24, 2.45) is 0 Å². The third-order valence-electron chi connectivity index (χ3n) is 3.22. The van der Waals surface area contributed by atoms with Crippen molar-refractivity contribution in [1.29, 1.82) is 0 Å². The van der Waals surface area contributed by atoms with Crippen molar-refractivity contribution in [3.63, 3.8) is 0 Å². The van der Waals surface area contributed by atoms with Gasteiger partial charge in [0.15, 0.2) is 5.78 Å². The monoisotopic (exact) mass is 270 g/mol. The quantitative estimate of drug-likeness (QED) is 0.860. The Labute approximate surface area is 118 Å². The van der Waals surface area contributed by atoms with Crippen LogP contribution in [-0.4, -0.2) is 18.0 Å². The number of carbonyl (C=O) groups is 1. The lowest BCUT2D eigenvalue weighted by Crippen LogP contribution is -2.03. The number of benzene rings is 2. The van der Waals surface area contributed by atoms with E-state index in [2.05, 4.69) is 13.8 Å². The minimum atomic E-state index is -0.106. The van der Waals surface area contributed by atoms with Crippen LogP contribution in [0.1, 0.15) is 41.3 Å². The fraction of sp³-hybridized carbons (Fsp3) is 0.235. The molecule has 20 heavy (non-hydrogen) atoms. The molecule has 2 aromatic rings. The molecule has 0 fully saturated rings. The van der Waals surface area contributed by atoms with E-state index in [0.717, 1.165) is 11.3 Å². The van der Waals surface area contributed by atoms with Gasteiger partial charge < -0.3 is 9.84 Å². The molecule has 0 aliphatic rings. The molecule has 0 spiro atoms. The molecule has 0 heterocycles. The van der Waals surface area contributed by atoms with E-state index in [4.69, 9.17) is 4.74 Å². The molecule has 3 nitrogen and oxygen atoms in total. The van der Waals surface area contributed by atoms with Gasteiger partial charge in [0.1, 0.15) is 11.5 Å². The molecule has 0 bridgehead atoms. The smallest absolute Gasteiger partial charge is 0.193 e. The Balaban J connectivity index is 2.43. The molecule has 3 heteroatoms. The predicted octanol–water partition coefficient (Wildman–Crippen LogP) is 3.76. The van der Waals surface area contributed by atoms with Crippen LogP contribution in [0.15, 0.2) is 42.5 Å². The first-order valence-corrected chi connectivity index (χ1v) is 6.54. The predicted molar refractivity (Wildman–Crippen MR) is 78.6 cm³/mol. The van der Waals surface area contributed by atoms with Crippen LogP contribution in [0.4, 0.5) is 0 Å². The van der Waals surface area contributed by atoms with E-state index < -0.39 is 0 Å². The van der Waals surface area contributed by atoms with E-state index in [9.17, 15) is 9.90 Å². The van der Waals surface area contributed by atoms with Crippen LogP contribution in [0.3, 0.4) is 0 Å². The summed E-state index contributed by atoms with van der Waals surface area (Å²) in [5.41, 5.74) is 2.07. The second-order valence-electron chi connectivity index (χ2n) is 4.99. The molecular formula is C17H18O3. The van der Waals surface area contributed by atoms with Crippen molar-refractivity contribution in [3.05, 3.63) is 59.2 Å². The third kappa shape index (κ3) is 2.82. The van der Waals surface area contributed by atoms with Crippen LogP contribution >= 0.6 is 0 Å². The van der Waals surface area contributed by atoms with E-state index in [1.54, 1.807) is 31.4 Å². The third-order valence-corrected chi connectivity index (χ3v) is 3.22. The summed E-state index contributed by atoms with van der Waals surface area (Å²) >= 11 is 0. The summed E-state index contributed by atoms with van der Waals surface area (Å²) in [6.45, 7) is 4.11. The van der Waals surface area contributed by atoms with Gasteiger partial charge in [-0.15, -0.1) is 0 Å². The fourth-order valence-corrected chi connectivity index (χ4v) is 2.14. The highest BCUT2D eigenvalue weighted by Gasteiger charge is 2.14. The maximum absolute atomic E-state index is 12.4. The van der Waals surface area contributed by atoms with E-state index in [-0.39, 0.29) is 17.5 Å². The average molecular weight is 270 g/mol. The summed E-state index contributed by atoms with van der Waals surface area (Å²) in [5, 5.41) is 9.46. The van der Waals surface area contributed by atoms with Gasteiger partial charge in [-0.2, -0.15) is 0 Å². The highest BCUT2D eigenvalue weighted by atomic mass is 16.5. The van der Waals surface area contributed by atoms with Crippen LogP contribution in [0.25, 0.3) is 0 Å². The molecule has 0 saturated carbocycles. The van der Waals surface area contributed by atoms with Crippen molar-refractivity contribution < 1.29 is 14.6 Å². The molecular weight excluding hydrogens is 252 g/mol.